The van der Waals surface area contributed by atoms with Crippen molar-refractivity contribution in [3.63, 3.8) is 0 Å². The summed E-state index contributed by atoms with van der Waals surface area (Å²) in [6.45, 7) is 3.61. The molecule has 1 saturated heterocycles. The summed E-state index contributed by atoms with van der Waals surface area (Å²) in [6, 6.07) is 20.6. The smallest absolute Gasteiger partial charge is 0.173 e. The zero-order valence-corrected chi connectivity index (χ0v) is 19.4. The number of rotatable bonds is 7. The Balaban J connectivity index is 1.39. The van der Waals surface area contributed by atoms with Gasteiger partial charge in [0.1, 0.15) is 17.4 Å². The maximum atomic E-state index is 13.7. The zero-order valence-electron chi connectivity index (χ0n) is 19.4. The highest BCUT2D eigenvalue weighted by Gasteiger charge is 2.31. The van der Waals surface area contributed by atoms with Crippen LogP contribution in [0.25, 0.3) is 0 Å². The Bertz CT molecular complexity index is 1240. The van der Waals surface area contributed by atoms with Crippen LogP contribution in [-0.2, 0) is 6.54 Å². The minimum Gasteiger partial charge on any atom is -0.497 e. The molecule has 0 N–H and O–H groups in total. The Morgan fingerprint density at radius 1 is 0.829 bits per heavy atom. The van der Waals surface area contributed by atoms with E-state index < -0.39 is 0 Å². The maximum Gasteiger partial charge on any atom is 0.173 e. The van der Waals surface area contributed by atoms with Gasteiger partial charge in [-0.1, -0.05) is 24.3 Å². The van der Waals surface area contributed by atoms with Gasteiger partial charge >= 0.3 is 0 Å². The second kappa shape index (κ2) is 10.2. The average Bonchev–Trinajstić information content (AvgIpc) is 3.35. The summed E-state index contributed by atoms with van der Waals surface area (Å²) >= 11 is 0. The molecule has 1 atom stereocenters. The maximum absolute atomic E-state index is 13.7. The highest BCUT2D eigenvalue weighted by Crippen LogP contribution is 2.30. The lowest BCUT2D eigenvalue weighted by Crippen LogP contribution is -2.48. The van der Waals surface area contributed by atoms with Crippen LogP contribution in [0.5, 0.6) is 5.75 Å². The van der Waals surface area contributed by atoms with Crippen molar-refractivity contribution in [3.05, 3.63) is 101 Å². The van der Waals surface area contributed by atoms with Gasteiger partial charge in [-0.15, -0.1) is 5.10 Å². The predicted molar refractivity (Wildman–Crippen MR) is 128 cm³/mol. The van der Waals surface area contributed by atoms with Crippen LogP contribution in [0.1, 0.15) is 23.0 Å². The number of piperazine rings is 1. The number of ether oxygens (including phenoxy) is 1. The van der Waals surface area contributed by atoms with Crippen LogP contribution < -0.4 is 9.64 Å². The molecule has 3 aromatic carbocycles. The molecular weight excluding hydrogens is 450 g/mol. The fourth-order valence-corrected chi connectivity index (χ4v) is 4.48. The topological polar surface area (TPSA) is 59.3 Å². The van der Waals surface area contributed by atoms with Gasteiger partial charge in [0.05, 0.1) is 19.7 Å². The van der Waals surface area contributed by atoms with Gasteiger partial charge in [0.25, 0.3) is 0 Å². The molecule has 1 aliphatic rings. The van der Waals surface area contributed by atoms with Crippen LogP contribution >= 0.6 is 0 Å². The van der Waals surface area contributed by atoms with Gasteiger partial charge in [-0.25, -0.2) is 13.5 Å². The van der Waals surface area contributed by atoms with Crippen LogP contribution in [0.4, 0.5) is 14.5 Å². The van der Waals surface area contributed by atoms with Gasteiger partial charge in [0.2, 0.25) is 0 Å². The van der Waals surface area contributed by atoms with Gasteiger partial charge in [0.15, 0.2) is 5.82 Å². The number of hydrogen-bond acceptors (Lipinski definition) is 6. The van der Waals surface area contributed by atoms with Crippen LogP contribution in [0, 0.1) is 11.6 Å². The zero-order chi connectivity index (χ0) is 24.2. The van der Waals surface area contributed by atoms with Gasteiger partial charge in [0, 0.05) is 31.9 Å². The summed E-state index contributed by atoms with van der Waals surface area (Å²) in [5.74, 6) is 0.919. The quantitative estimate of drug-likeness (QED) is 0.403. The Kier molecular flexibility index (Phi) is 6.67. The summed E-state index contributed by atoms with van der Waals surface area (Å²) in [6.07, 6.45) is 0. The van der Waals surface area contributed by atoms with E-state index in [1.54, 1.807) is 36.1 Å². The fourth-order valence-electron chi connectivity index (χ4n) is 4.48. The monoisotopic (exact) mass is 476 g/mol. The Hall–Kier alpha value is -3.85. The molecule has 35 heavy (non-hydrogen) atoms. The molecule has 0 radical (unpaired) electrons. The van der Waals surface area contributed by atoms with E-state index in [1.165, 1.54) is 24.3 Å². The normalized spacial score (nSPS) is 15.2. The molecular formula is C26H26F2N6O. The Morgan fingerprint density at radius 3 is 2.09 bits per heavy atom. The van der Waals surface area contributed by atoms with Crippen molar-refractivity contribution in [2.75, 3.05) is 38.2 Å². The first-order valence-electron chi connectivity index (χ1n) is 11.5. The molecule has 1 aliphatic heterocycles. The van der Waals surface area contributed by atoms with Gasteiger partial charge < -0.3 is 9.64 Å². The Labute approximate surface area is 202 Å². The Morgan fingerprint density at radius 2 is 1.46 bits per heavy atom. The highest BCUT2D eigenvalue weighted by atomic mass is 19.1. The first-order valence-corrected chi connectivity index (χ1v) is 11.5. The first kappa shape index (κ1) is 22.9. The SMILES string of the molecule is COc1ccc(N2CCN([C@@H](c3ccc(F)cc3)c3nnnn3Cc3ccc(F)cc3)CC2)cc1. The minimum absolute atomic E-state index is 0.246. The van der Waals surface area contributed by atoms with E-state index >= 15 is 0 Å². The predicted octanol–water partition coefficient (Wildman–Crippen LogP) is 3.92. The summed E-state index contributed by atoms with van der Waals surface area (Å²) < 4.78 is 34.1. The summed E-state index contributed by atoms with van der Waals surface area (Å²) in [5, 5.41) is 12.5. The molecule has 180 valence electrons. The molecule has 0 bridgehead atoms. The molecule has 7 nitrogen and oxygen atoms in total. The molecule has 0 spiro atoms. The molecule has 0 aliphatic carbocycles. The number of tetrazole rings is 1. The molecule has 1 aromatic heterocycles. The molecule has 5 rings (SSSR count). The summed E-state index contributed by atoms with van der Waals surface area (Å²) in [7, 11) is 1.66. The van der Waals surface area contributed by atoms with Crippen molar-refractivity contribution in [1.82, 2.24) is 25.1 Å². The number of halogens is 2. The van der Waals surface area contributed by atoms with Crippen molar-refractivity contribution in [3.8, 4) is 5.75 Å². The second-order valence-electron chi connectivity index (χ2n) is 8.50. The van der Waals surface area contributed by atoms with Crippen molar-refractivity contribution in [2.24, 2.45) is 0 Å². The molecule has 0 amide bonds. The second-order valence-corrected chi connectivity index (χ2v) is 8.50. The lowest BCUT2D eigenvalue weighted by atomic mass is 10.0. The fraction of sp³-hybridized carbons (Fsp3) is 0.269. The molecule has 1 fully saturated rings. The van der Waals surface area contributed by atoms with Crippen LogP contribution in [-0.4, -0.2) is 58.4 Å². The summed E-state index contributed by atoms with van der Waals surface area (Å²) in [5.41, 5.74) is 2.95. The first-order chi connectivity index (χ1) is 17.1. The minimum atomic E-state index is -0.289. The largest absolute Gasteiger partial charge is 0.497 e. The number of aromatic nitrogens is 4. The third kappa shape index (κ3) is 5.14. The van der Waals surface area contributed by atoms with E-state index in [-0.39, 0.29) is 17.7 Å². The molecule has 9 heteroatoms. The van der Waals surface area contributed by atoms with Crippen molar-refractivity contribution in [2.45, 2.75) is 12.6 Å². The van der Waals surface area contributed by atoms with Gasteiger partial charge in [-0.2, -0.15) is 0 Å². The third-order valence-electron chi connectivity index (χ3n) is 6.35. The number of anilines is 1. The van der Waals surface area contributed by atoms with Crippen molar-refractivity contribution >= 4 is 5.69 Å². The highest BCUT2D eigenvalue weighted by molar-refractivity contribution is 5.49. The third-order valence-corrected chi connectivity index (χ3v) is 6.35. The van der Waals surface area contributed by atoms with E-state index in [9.17, 15) is 8.78 Å². The van der Waals surface area contributed by atoms with Crippen LogP contribution in [0.3, 0.4) is 0 Å². The number of benzene rings is 3. The summed E-state index contributed by atoms with van der Waals surface area (Å²) in [4.78, 5) is 4.65. The van der Waals surface area contributed by atoms with Crippen LogP contribution in [0.15, 0.2) is 72.8 Å². The molecule has 0 unspecified atom stereocenters. The number of methoxy groups -OCH3 is 1. The van der Waals surface area contributed by atoms with Crippen molar-refractivity contribution < 1.29 is 13.5 Å². The number of nitrogens with zero attached hydrogens (tertiary/aromatic N) is 6. The number of hydrogen-bond donors (Lipinski definition) is 0. The van der Waals surface area contributed by atoms with E-state index in [2.05, 4.69) is 37.5 Å². The standard InChI is InChI=1S/C26H26F2N6O/c1-35-24-12-10-23(11-13-24)32-14-16-33(17-15-32)25(20-4-8-22(28)9-5-20)26-29-30-31-34(26)18-19-2-6-21(27)7-3-19/h2-13,25H,14-18H2,1H3/t25-/m0/s1. The van der Waals surface area contributed by atoms with Gasteiger partial charge in [-0.05, 0) is 70.1 Å². The van der Waals surface area contributed by atoms with Crippen molar-refractivity contribution in [1.29, 1.82) is 0 Å². The van der Waals surface area contributed by atoms with E-state index in [1.807, 2.05) is 12.1 Å². The average molecular weight is 477 g/mol. The van der Waals surface area contributed by atoms with E-state index in [4.69, 9.17) is 4.74 Å². The van der Waals surface area contributed by atoms with E-state index in [0.717, 1.165) is 48.7 Å². The van der Waals surface area contributed by atoms with Gasteiger partial charge in [-0.3, -0.25) is 4.90 Å². The molecule has 4 aromatic rings. The lowest BCUT2D eigenvalue weighted by Gasteiger charge is -2.40. The lowest BCUT2D eigenvalue weighted by molar-refractivity contribution is 0.201. The van der Waals surface area contributed by atoms with Crippen LogP contribution in [0.2, 0.25) is 0 Å². The molecule has 0 saturated carbocycles. The molecule has 2 heterocycles. The van der Waals surface area contributed by atoms with E-state index in [0.29, 0.717) is 12.4 Å².